The number of carbonyl (C=O) groups excluding carboxylic acids is 2. The molecule has 0 atom stereocenters. The summed E-state index contributed by atoms with van der Waals surface area (Å²) in [6, 6.07) is 3.72. The van der Waals surface area contributed by atoms with Gasteiger partial charge in [0.05, 0.1) is 12.0 Å². The van der Waals surface area contributed by atoms with Crippen molar-refractivity contribution in [2.45, 2.75) is 26.7 Å². The predicted molar refractivity (Wildman–Crippen MR) is 83.7 cm³/mol. The maximum Gasteiger partial charge on any atom is 0.303 e. The SMILES string of the molecule is CN(C)C(=O)c1cc(NC(=O)CC(C)(C)CC(=O)O)ccc1F. The molecule has 0 unspecified atom stereocenters. The van der Waals surface area contributed by atoms with Crippen LogP contribution in [0.4, 0.5) is 10.1 Å². The minimum atomic E-state index is -0.983. The first-order chi connectivity index (χ1) is 10.5. The van der Waals surface area contributed by atoms with E-state index in [-0.39, 0.29) is 24.1 Å². The Morgan fingerprint density at radius 2 is 1.83 bits per heavy atom. The highest BCUT2D eigenvalue weighted by Crippen LogP contribution is 2.26. The summed E-state index contributed by atoms with van der Waals surface area (Å²) in [5, 5.41) is 11.4. The maximum absolute atomic E-state index is 13.7. The molecule has 0 saturated carbocycles. The zero-order chi connectivity index (χ0) is 17.8. The molecular weight excluding hydrogens is 303 g/mol. The van der Waals surface area contributed by atoms with Crippen molar-refractivity contribution in [3.63, 3.8) is 0 Å². The third-order valence-electron chi connectivity index (χ3n) is 3.16. The molecule has 0 radical (unpaired) electrons. The smallest absolute Gasteiger partial charge is 0.303 e. The zero-order valence-corrected chi connectivity index (χ0v) is 13.6. The van der Waals surface area contributed by atoms with E-state index < -0.39 is 29.0 Å². The van der Waals surface area contributed by atoms with Crippen LogP contribution in [0.2, 0.25) is 0 Å². The number of amides is 2. The van der Waals surface area contributed by atoms with Gasteiger partial charge in [0.15, 0.2) is 0 Å². The fourth-order valence-corrected chi connectivity index (χ4v) is 2.12. The third-order valence-corrected chi connectivity index (χ3v) is 3.16. The summed E-state index contributed by atoms with van der Waals surface area (Å²) in [7, 11) is 3.00. The van der Waals surface area contributed by atoms with Crippen LogP contribution in [-0.4, -0.2) is 41.9 Å². The molecule has 1 rings (SSSR count). The number of nitrogens with one attached hydrogen (secondary N) is 1. The lowest BCUT2D eigenvalue weighted by Gasteiger charge is -2.21. The van der Waals surface area contributed by atoms with Gasteiger partial charge in [-0.3, -0.25) is 14.4 Å². The summed E-state index contributed by atoms with van der Waals surface area (Å²) in [5.74, 6) is -2.56. The first-order valence-corrected chi connectivity index (χ1v) is 7.05. The number of rotatable bonds is 6. The quantitative estimate of drug-likeness (QED) is 0.841. The second-order valence-corrected chi connectivity index (χ2v) is 6.35. The maximum atomic E-state index is 13.7. The van der Waals surface area contributed by atoms with Crippen molar-refractivity contribution in [1.29, 1.82) is 0 Å². The highest BCUT2D eigenvalue weighted by atomic mass is 19.1. The molecule has 1 aromatic rings. The number of carbonyl (C=O) groups is 3. The van der Waals surface area contributed by atoms with E-state index >= 15 is 0 Å². The van der Waals surface area contributed by atoms with Gasteiger partial charge >= 0.3 is 5.97 Å². The van der Waals surface area contributed by atoms with Crippen LogP contribution >= 0.6 is 0 Å². The van der Waals surface area contributed by atoms with Gasteiger partial charge in [0, 0.05) is 26.2 Å². The van der Waals surface area contributed by atoms with Gasteiger partial charge in [-0.1, -0.05) is 13.8 Å². The van der Waals surface area contributed by atoms with Crippen molar-refractivity contribution in [2.24, 2.45) is 5.41 Å². The second-order valence-electron chi connectivity index (χ2n) is 6.35. The molecule has 1 aromatic carbocycles. The standard InChI is InChI=1S/C16H21FN2O4/c1-16(2,9-14(21)22)8-13(20)18-10-5-6-12(17)11(7-10)15(23)19(3)4/h5-7H,8-9H2,1-4H3,(H,18,20)(H,21,22). The lowest BCUT2D eigenvalue weighted by molar-refractivity contribution is -0.139. The number of nitrogens with zero attached hydrogens (tertiary/aromatic N) is 1. The molecule has 0 aliphatic carbocycles. The van der Waals surface area contributed by atoms with Crippen LogP contribution in [0.5, 0.6) is 0 Å². The van der Waals surface area contributed by atoms with Crippen molar-refractivity contribution in [3.05, 3.63) is 29.6 Å². The molecule has 0 saturated heterocycles. The number of hydrogen-bond acceptors (Lipinski definition) is 3. The number of benzene rings is 1. The molecule has 0 bridgehead atoms. The third kappa shape index (κ3) is 5.69. The van der Waals surface area contributed by atoms with E-state index in [0.717, 1.165) is 6.07 Å². The van der Waals surface area contributed by atoms with Crippen molar-refractivity contribution in [3.8, 4) is 0 Å². The molecule has 0 fully saturated rings. The van der Waals surface area contributed by atoms with Gasteiger partial charge in [0.2, 0.25) is 5.91 Å². The molecule has 0 heterocycles. The minimum Gasteiger partial charge on any atom is -0.481 e. The van der Waals surface area contributed by atoms with Crippen LogP contribution in [0.3, 0.4) is 0 Å². The molecule has 0 aliphatic rings. The van der Waals surface area contributed by atoms with Gasteiger partial charge in [0.25, 0.3) is 5.91 Å². The van der Waals surface area contributed by atoms with Gasteiger partial charge in [-0.2, -0.15) is 0 Å². The van der Waals surface area contributed by atoms with Gasteiger partial charge in [-0.15, -0.1) is 0 Å². The highest BCUT2D eigenvalue weighted by molar-refractivity contribution is 5.97. The van der Waals surface area contributed by atoms with Crippen molar-refractivity contribution in [2.75, 3.05) is 19.4 Å². The van der Waals surface area contributed by atoms with Gasteiger partial charge in [-0.05, 0) is 23.6 Å². The van der Waals surface area contributed by atoms with Crippen LogP contribution in [0.25, 0.3) is 0 Å². The van der Waals surface area contributed by atoms with Crippen molar-refractivity contribution >= 4 is 23.5 Å². The number of halogens is 1. The Bertz CT molecular complexity index is 627. The molecule has 0 aromatic heterocycles. The summed E-state index contributed by atoms with van der Waals surface area (Å²) in [6.45, 7) is 3.35. The summed E-state index contributed by atoms with van der Waals surface area (Å²) >= 11 is 0. The Hall–Kier alpha value is -2.44. The van der Waals surface area contributed by atoms with E-state index in [1.807, 2.05) is 0 Å². The van der Waals surface area contributed by atoms with Crippen LogP contribution < -0.4 is 5.32 Å². The molecule has 7 heteroatoms. The first-order valence-electron chi connectivity index (χ1n) is 7.05. The lowest BCUT2D eigenvalue weighted by Crippen LogP contribution is -2.25. The fraction of sp³-hybridized carbons (Fsp3) is 0.438. The second kappa shape index (κ2) is 7.21. The fourth-order valence-electron chi connectivity index (χ4n) is 2.12. The van der Waals surface area contributed by atoms with Gasteiger partial charge in [0.1, 0.15) is 5.82 Å². The Kier molecular flexibility index (Phi) is 5.84. The molecule has 2 N–H and O–H groups in total. The van der Waals surface area contributed by atoms with E-state index in [0.29, 0.717) is 0 Å². The van der Waals surface area contributed by atoms with Crippen LogP contribution in [0.1, 0.15) is 37.0 Å². The molecule has 2 amide bonds. The minimum absolute atomic E-state index is 0.00631. The predicted octanol–water partition coefficient (Wildman–Crippen LogP) is 2.36. The zero-order valence-electron chi connectivity index (χ0n) is 13.6. The summed E-state index contributed by atoms with van der Waals surface area (Å²) < 4.78 is 13.7. The molecule has 0 aliphatic heterocycles. The Morgan fingerprint density at radius 1 is 1.22 bits per heavy atom. The van der Waals surface area contributed by atoms with E-state index in [1.165, 1.54) is 31.1 Å². The average molecular weight is 324 g/mol. The van der Waals surface area contributed by atoms with Crippen LogP contribution in [-0.2, 0) is 9.59 Å². The monoisotopic (exact) mass is 324 g/mol. The molecule has 23 heavy (non-hydrogen) atoms. The Balaban J connectivity index is 2.85. The summed E-state index contributed by atoms with van der Waals surface area (Å²) in [4.78, 5) is 35.9. The molecule has 6 nitrogen and oxygen atoms in total. The number of aliphatic carboxylic acids is 1. The molecule has 0 spiro atoms. The number of anilines is 1. The average Bonchev–Trinajstić information content (AvgIpc) is 2.37. The topological polar surface area (TPSA) is 86.7 Å². The summed E-state index contributed by atoms with van der Waals surface area (Å²) in [6.07, 6.45) is -0.151. The van der Waals surface area contributed by atoms with Gasteiger partial charge in [-0.25, -0.2) is 4.39 Å². The van der Waals surface area contributed by atoms with Crippen LogP contribution in [0.15, 0.2) is 18.2 Å². The lowest BCUT2D eigenvalue weighted by atomic mass is 9.85. The number of carboxylic acids is 1. The van der Waals surface area contributed by atoms with E-state index in [9.17, 15) is 18.8 Å². The Morgan fingerprint density at radius 3 is 2.35 bits per heavy atom. The first kappa shape index (κ1) is 18.6. The number of carboxylic acid groups (broad SMARTS) is 1. The van der Waals surface area contributed by atoms with Crippen LogP contribution in [0, 0.1) is 11.2 Å². The summed E-state index contributed by atoms with van der Waals surface area (Å²) in [5.41, 5.74) is -0.566. The normalized spacial score (nSPS) is 11.0. The molecule has 126 valence electrons. The molecular formula is C16H21FN2O4. The largest absolute Gasteiger partial charge is 0.481 e. The van der Waals surface area contributed by atoms with Gasteiger partial charge < -0.3 is 15.3 Å². The highest BCUT2D eigenvalue weighted by Gasteiger charge is 2.25. The van der Waals surface area contributed by atoms with E-state index in [2.05, 4.69) is 5.32 Å². The number of hydrogen-bond donors (Lipinski definition) is 2. The Labute approximate surface area is 134 Å². The van der Waals surface area contributed by atoms with E-state index in [4.69, 9.17) is 5.11 Å². The van der Waals surface area contributed by atoms with E-state index in [1.54, 1.807) is 13.8 Å². The van der Waals surface area contributed by atoms with Crippen molar-refractivity contribution < 1.29 is 23.9 Å². The van der Waals surface area contributed by atoms with Crippen molar-refractivity contribution in [1.82, 2.24) is 4.90 Å².